The Kier molecular flexibility index (Phi) is 8.14. The van der Waals surface area contributed by atoms with Crippen LogP contribution >= 0.6 is 0 Å². The number of rotatable bonds is 9. The lowest BCUT2D eigenvalue weighted by molar-refractivity contribution is -0.0365. The van der Waals surface area contributed by atoms with Crippen LogP contribution in [-0.2, 0) is 25.5 Å². The third-order valence-electron chi connectivity index (χ3n) is 8.94. The molecule has 0 saturated carbocycles. The molecule has 1 aromatic carbocycles. The van der Waals surface area contributed by atoms with Crippen molar-refractivity contribution in [3.05, 3.63) is 48.9 Å². The van der Waals surface area contributed by atoms with Crippen molar-refractivity contribution in [1.29, 1.82) is 0 Å². The smallest absolute Gasteiger partial charge is 0.399 e. The second-order valence-electron chi connectivity index (χ2n) is 14.0. The number of ether oxygens (including phenoxy) is 2. The average Bonchev–Trinajstić information content (AvgIpc) is 3.62. The second kappa shape index (κ2) is 11.6. The molecular weight excluding hydrogens is 557 g/mol. The van der Waals surface area contributed by atoms with Crippen LogP contribution in [0.2, 0.25) is 25.7 Å². The highest BCUT2D eigenvalue weighted by molar-refractivity contribution is 6.76. The molecule has 43 heavy (non-hydrogen) atoms. The van der Waals surface area contributed by atoms with Gasteiger partial charge in [-0.25, -0.2) is 9.67 Å². The summed E-state index contributed by atoms with van der Waals surface area (Å²) in [5, 5.41) is 6.24. The van der Waals surface area contributed by atoms with Crippen molar-refractivity contribution in [2.75, 3.05) is 13.2 Å². The summed E-state index contributed by atoms with van der Waals surface area (Å²) in [6.07, 6.45) is 8.50. The molecule has 1 atom stereocenters. The molecule has 5 heterocycles. The largest absolute Gasteiger partial charge is 0.494 e. The summed E-state index contributed by atoms with van der Waals surface area (Å²) in [6, 6.07) is 11.4. The Morgan fingerprint density at radius 3 is 2.44 bits per heavy atom. The molecule has 3 aromatic heterocycles. The van der Waals surface area contributed by atoms with Crippen molar-refractivity contribution in [1.82, 2.24) is 24.3 Å². The summed E-state index contributed by atoms with van der Waals surface area (Å²) in [6.45, 7) is 17.2. The van der Waals surface area contributed by atoms with Gasteiger partial charge in [-0.15, -0.1) is 0 Å². The van der Waals surface area contributed by atoms with E-state index in [-0.39, 0.29) is 6.23 Å². The molecule has 2 aliphatic heterocycles. The Morgan fingerprint density at radius 1 is 1.02 bits per heavy atom. The number of fused-ring (bicyclic) bond motifs is 1. The summed E-state index contributed by atoms with van der Waals surface area (Å²) in [5.74, 6) is 0.823. The molecule has 2 fully saturated rings. The molecule has 11 heteroatoms. The van der Waals surface area contributed by atoms with Crippen molar-refractivity contribution in [2.45, 2.75) is 96.8 Å². The molecule has 0 bridgehead atoms. The van der Waals surface area contributed by atoms with Gasteiger partial charge < -0.3 is 18.8 Å². The molecule has 2 saturated heterocycles. The Labute approximate surface area is 256 Å². The number of nitrogens with zero attached hydrogens (tertiary/aromatic N) is 5. The molecule has 9 nitrogen and oxygen atoms in total. The molecular formula is C32H44BN5O4Si. The van der Waals surface area contributed by atoms with Crippen LogP contribution in [0, 0.1) is 0 Å². The Balaban J connectivity index is 1.46. The highest BCUT2D eigenvalue weighted by Gasteiger charge is 2.51. The standard InChI is InChI=1S/C32H44BN5O4Si/c1-31(2)32(3,4)42-33(41-31)24-11-12-26-25(20-24)29(36-38(26)28-10-8-9-17-40-28)27-21-35-30(23-13-15-34-16-14-23)37(27)22-39-18-19-43(5,6)7/h11-16,20-21,28H,8-10,17-19,22H2,1-7H3. The van der Waals surface area contributed by atoms with Gasteiger partial charge in [-0.1, -0.05) is 31.8 Å². The summed E-state index contributed by atoms with van der Waals surface area (Å²) in [4.78, 5) is 9.11. The maximum atomic E-state index is 6.43. The van der Waals surface area contributed by atoms with Crippen LogP contribution in [0.15, 0.2) is 48.9 Å². The predicted octanol–water partition coefficient (Wildman–Crippen LogP) is 6.27. The molecule has 0 radical (unpaired) electrons. The lowest BCUT2D eigenvalue weighted by atomic mass is 9.78. The van der Waals surface area contributed by atoms with E-state index in [0.717, 1.165) is 71.1 Å². The Morgan fingerprint density at radius 2 is 1.77 bits per heavy atom. The second-order valence-corrected chi connectivity index (χ2v) is 19.6. The zero-order valence-electron chi connectivity index (χ0n) is 26.6. The van der Waals surface area contributed by atoms with Gasteiger partial charge in [0.15, 0.2) is 6.23 Å². The van der Waals surface area contributed by atoms with Gasteiger partial charge in [0.05, 0.1) is 28.6 Å². The molecule has 4 aromatic rings. The number of hydrogen-bond acceptors (Lipinski definition) is 7. The zero-order valence-corrected chi connectivity index (χ0v) is 27.6. The van der Waals surface area contributed by atoms with Gasteiger partial charge >= 0.3 is 7.12 Å². The first-order valence-corrected chi connectivity index (χ1v) is 19.2. The van der Waals surface area contributed by atoms with Crippen molar-refractivity contribution in [3.8, 4) is 22.8 Å². The molecule has 0 N–H and O–H groups in total. The zero-order chi connectivity index (χ0) is 30.4. The van der Waals surface area contributed by atoms with Crippen molar-refractivity contribution >= 4 is 31.6 Å². The van der Waals surface area contributed by atoms with E-state index in [1.807, 2.05) is 23.0 Å². The molecule has 2 aliphatic rings. The number of aromatic nitrogens is 5. The van der Waals surface area contributed by atoms with Gasteiger partial charge in [0.25, 0.3) is 0 Å². The Hall–Kier alpha value is -2.83. The minimum Gasteiger partial charge on any atom is -0.399 e. The van der Waals surface area contributed by atoms with Crippen LogP contribution in [0.5, 0.6) is 0 Å². The van der Waals surface area contributed by atoms with Crippen LogP contribution in [0.25, 0.3) is 33.7 Å². The van der Waals surface area contributed by atoms with Gasteiger partial charge in [-0.2, -0.15) is 5.10 Å². The molecule has 228 valence electrons. The normalized spacial score (nSPS) is 20.3. The summed E-state index contributed by atoms with van der Waals surface area (Å²) in [7, 11) is -1.71. The van der Waals surface area contributed by atoms with Crippen LogP contribution in [0.4, 0.5) is 0 Å². The third kappa shape index (κ3) is 6.10. The van der Waals surface area contributed by atoms with E-state index in [0.29, 0.717) is 13.3 Å². The summed E-state index contributed by atoms with van der Waals surface area (Å²) in [5.41, 5.74) is 3.83. The fourth-order valence-electron chi connectivity index (χ4n) is 5.57. The van der Waals surface area contributed by atoms with E-state index < -0.39 is 26.4 Å². The minimum absolute atomic E-state index is 0.114. The van der Waals surface area contributed by atoms with E-state index in [1.165, 1.54) is 0 Å². The number of pyridine rings is 1. The number of benzene rings is 1. The van der Waals surface area contributed by atoms with E-state index >= 15 is 0 Å². The van der Waals surface area contributed by atoms with E-state index in [1.54, 1.807) is 12.4 Å². The molecule has 0 aliphatic carbocycles. The molecule has 0 spiro atoms. The maximum absolute atomic E-state index is 6.43. The van der Waals surface area contributed by atoms with E-state index in [9.17, 15) is 0 Å². The first-order valence-electron chi connectivity index (χ1n) is 15.5. The lowest BCUT2D eigenvalue weighted by Crippen LogP contribution is -2.41. The maximum Gasteiger partial charge on any atom is 0.494 e. The molecule has 1 unspecified atom stereocenters. The minimum atomic E-state index is -1.24. The first kappa shape index (κ1) is 30.2. The fraction of sp³-hybridized carbons (Fsp3) is 0.531. The Bertz CT molecular complexity index is 1560. The highest BCUT2D eigenvalue weighted by atomic mass is 28.3. The summed E-state index contributed by atoms with van der Waals surface area (Å²) < 4.78 is 29.6. The molecule has 0 amide bonds. The van der Waals surface area contributed by atoms with E-state index in [2.05, 4.69) is 75.1 Å². The monoisotopic (exact) mass is 601 g/mol. The lowest BCUT2D eigenvalue weighted by Gasteiger charge is -2.32. The third-order valence-corrected chi connectivity index (χ3v) is 10.6. The predicted molar refractivity (Wildman–Crippen MR) is 173 cm³/mol. The van der Waals surface area contributed by atoms with Crippen molar-refractivity contribution in [3.63, 3.8) is 0 Å². The first-order chi connectivity index (χ1) is 20.4. The quantitative estimate of drug-likeness (QED) is 0.165. The highest BCUT2D eigenvalue weighted by Crippen LogP contribution is 2.38. The average molecular weight is 602 g/mol. The van der Waals surface area contributed by atoms with Crippen LogP contribution in [0.1, 0.15) is 53.2 Å². The van der Waals surface area contributed by atoms with Gasteiger partial charge in [0.2, 0.25) is 0 Å². The van der Waals surface area contributed by atoms with Gasteiger partial charge in [0, 0.05) is 44.6 Å². The molecule has 6 rings (SSSR count). The van der Waals surface area contributed by atoms with Gasteiger partial charge in [-0.05, 0) is 76.7 Å². The van der Waals surface area contributed by atoms with Crippen LogP contribution < -0.4 is 5.46 Å². The van der Waals surface area contributed by atoms with E-state index in [4.69, 9.17) is 28.9 Å². The van der Waals surface area contributed by atoms with Gasteiger partial charge in [0.1, 0.15) is 18.2 Å². The SMILES string of the molecule is CC1(C)OB(c2ccc3c(c2)c(-c2cnc(-c4ccncc4)n2COCC[Si](C)(C)C)nn3C2CCCCO2)OC1(C)C. The van der Waals surface area contributed by atoms with Gasteiger partial charge in [-0.3, -0.25) is 9.55 Å². The van der Waals surface area contributed by atoms with Crippen LogP contribution in [0.3, 0.4) is 0 Å². The van der Waals surface area contributed by atoms with Crippen molar-refractivity contribution < 1.29 is 18.8 Å². The fourth-order valence-corrected chi connectivity index (χ4v) is 6.33. The number of hydrogen-bond donors (Lipinski definition) is 0. The van der Waals surface area contributed by atoms with Crippen molar-refractivity contribution in [2.24, 2.45) is 0 Å². The summed E-state index contributed by atoms with van der Waals surface area (Å²) >= 11 is 0. The van der Waals surface area contributed by atoms with Crippen LogP contribution in [-0.4, -0.2) is 63.9 Å². The number of imidazole rings is 1. The topological polar surface area (TPSA) is 85.5 Å².